The van der Waals surface area contributed by atoms with Crippen molar-refractivity contribution in [2.45, 2.75) is 19.4 Å². The van der Waals surface area contributed by atoms with Crippen LogP contribution in [0.15, 0.2) is 70.1 Å². The van der Waals surface area contributed by atoms with E-state index in [1.54, 1.807) is 53.6 Å². The van der Waals surface area contributed by atoms with Crippen molar-refractivity contribution in [2.24, 2.45) is 5.92 Å². The summed E-state index contributed by atoms with van der Waals surface area (Å²) in [6.45, 7) is 1.17. The van der Waals surface area contributed by atoms with E-state index in [4.69, 9.17) is 8.83 Å². The van der Waals surface area contributed by atoms with Gasteiger partial charge in [-0.1, -0.05) is 12.1 Å². The molecule has 0 bridgehead atoms. The topological polar surface area (TPSA) is 105 Å². The molecule has 1 aromatic carbocycles. The molecule has 3 aromatic rings. The van der Waals surface area contributed by atoms with Crippen molar-refractivity contribution in [1.29, 1.82) is 0 Å². The summed E-state index contributed by atoms with van der Waals surface area (Å²) in [5.74, 6) is -0.393. The number of anilines is 1. The molecule has 8 heteroatoms. The number of piperidine rings is 1. The van der Waals surface area contributed by atoms with E-state index in [-0.39, 0.29) is 30.2 Å². The van der Waals surface area contributed by atoms with E-state index < -0.39 is 0 Å². The molecule has 0 saturated carbocycles. The zero-order chi connectivity index (χ0) is 21.6. The largest absolute Gasteiger partial charge is 0.472 e. The van der Waals surface area contributed by atoms with Gasteiger partial charge in [-0.25, -0.2) is 0 Å². The number of hydrogen-bond donors (Lipinski definition) is 2. The van der Waals surface area contributed by atoms with E-state index in [0.717, 1.165) is 6.42 Å². The molecule has 0 aliphatic carbocycles. The highest BCUT2D eigenvalue weighted by Crippen LogP contribution is 2.22. The smallest absolute Gasteiger partial charge is 0.257 e. The van der Waals surface area contributed by atoms with Crippen molar-refractivity contribution >= 4 is 23.4 Å². The summed E-state index contributed by atoms with van der Waals surface area (Å²) in [7, 11) is 0. The van der Waals surface area contributed by atoms with Crippen LogP contribution in [0.2, 0.25) is 0 Å². The molecular weight excluding hydrogens is 398 g/mol. The van der Waals surface area contributed by atoms with Gasteiger partial charge in [0, 0.05) is 13.1 Å². The van der Waals surface area contributed by atoms with Crippen LogP contribution in [-0.4, -0.2) is 35.7 Å². The number of nitrogens with one attached hydrogen (secondary N) is 2. The number of amides is 3. The minimum atomic E-state index is -0.358. The number of benzene rings is 1. The molecule has 160 valence electrons. The average Bonchev–Trinajstić information content (AvgIpc) is 3.52. The van der Waals surface area contributed by atoms with Crippen molar-refractivity contribution in [2.75, 3.05) is 18.4 Å². The van der Waals surface area contributed by atoms with Crippen molar-refractivity contribution in [3.05, 3.63) is 78.1 Å². The summed E-state index contributed by atoms with van der Waals surface area (Å²) in [6, 6.07) is 12.0. The Morgan fingerprint density at radius 3 is 2.71 bits per heavy atom. The molecule has 1 saturated heterocycles. The maximum absolute atomic E-state index is 12.9. The first-order valence-electron chi connectivity index (χ1n) is 10.1. The third-order valence-corrected chi connectivity index (χ3v) is 5.28. The number of para-hydroxylation sites is 1. The van der Waals surface area contributed by atoms with E-state index >= 15 is 0 Å². The van der Waals surface area contributed by atoms with Gasteiger partial charge >= 0.3 is 0 Å². The maximum Gasteiger partial charge on any atom is 0.257 e. The Kier molecular flexibility index (Phi) is 6.16. The Bertz CT molecular complexity index is 1040. The third-order valence-electron chi connectivity index (χ3n) is 5.28. The van der Waals surface area contributed by atoms with Gasteiger partial charge < -0.3 is 24.4 Å². The van der Waals surface area contributed by atoms with Gasteiger partial charge in [0.05, 0.1) is 41.8 Å². The highest BCUT2D eigenvalue weighted by atomic mass is 16.3. The number of likely N-dealkylation sites (tertiary alicyclic amines) is 1. The van der Waals surface area contributed by atoms with Crippen LogP contribution in [0.1, 0.15) is 39.3 Å². The first kappa shape index (κ1) is 20.5. The third kappa shape index (κ3) is 4.85. The zero-order valence-electron chi connectivity index (χ0n) is 16.9. The standard InChI is InChI=1S/C23H23N3O5/c27-21(16-5-3-10-26(14-16)23(29)17-9-12-30-15-17)25-20-8-2-1-7-19(20)22(28)24-13-18-6-4-11-31-18/h1-2,4,6-9,11-12,15-16H,3,5,10,13-14H2,(H,24,28)(H,25,27). The van der Waals surface area contributed by atoms with E-state index in [1.165, 1.54) is 12.5 Å². The lowest BCUT2D eigenvalue weighted by atomic mass is 9.96. The van der Waals surface area contributed by atoms with Crippen molar-refractivity contribution < 1.29 is 23.2 Å². The molecule has 3 amide bonds. The first-order valence-corrected chi connectivity index (χ1v) is 10.1. The Hall–Kier alpha value is -3.81. The van der Waals surface area contributed by atoms with Gasteiger partial charge in [0.1, 0.15) is 12.0 Å². The zero-order valence-corrected chi connectivity index (χ0v) is 16.9. The van der Waals surface area contributed by atoms with Crippen LogP contribution in [0.5, 0.6) is 0 Å². The van der Waals surface area contributed by atoms with E-state index in [1.807, 2.05) is 0 Å². The number of nitrogens with zero attached hydrogens (tertiary/aromatic N) is 1. The van der Waals surface area contributed by atoms with E-state index in [0.29, 0.717) is 42.1 Å². The molecule has 0 radical (unpaired) electrons. The van der Waals surface area contributed by atoms with Gasteiger partial charge in [-0.2, -0.15) is 0 Å². The van der Waals surface area contributed by atoms with Gasteiger partial charge in [0.2, 0.25) is 5.91 Å². The lowest BCUT2D eigenvalue weighted by Crippen LogP contribution is -2.43. The number of carbonyl (C=O) groups excluding carboxylic acids is 3. The van der Waals surface area contributed by atoms with Crippen molar-refractivity contribution in [3.63, 3.8) is 0 Å². The summed E-state index contributed by atoms with van der Waals surface area (Å²) in [5, 5.41) is 5.66. The molecule has 2 N–H and O–H groups in total. The Morgan fingerprint density at radius 1 is 1.06 bits per heavy atom. The van der Waals surface area contributed by atoms with Crippen LogP contribution < -0.4 is 10.6 Å². The molecule has 1 unspecified atom stereocenters. The van der Waals surface area contributed by atoms with Gasteiger partial charge in [-0.3, -0.25) is 14.4 Å². The molecule has 1 fully saturated rings. The molecule has 8 nitrogen and oxygen atoms in total. The van der Waals surface area contributed by atoms with Crippen LogP contribution in [0, 0.1) is 5.92 Å². The molecule has 0 spiro atoms. The second kappa shape index (κ2) is 9.34. The SMILES string of the molecule is O=C(NCc1ccco1)c1ccccc1NC(=O)C1CCCN(C(=O)c2ccoc2)C1. The molecule has 1 aliphatic heterocycles. The van der Waals surface area contributed by atoms with Gasteiger partial charge in [0.25, 0.3) is 11.8 Å². The van der Waals surface area contributed by atoms with Crippen LogP contribution in [0.25, 0.3) is 0 Å². The summed E-state index contributed by atoms with van der Waals surface area (Å²) in [6.07, 6.45) is 5.81. The monoisotopic (exact) mass is 421 g/mol. The second-order valence-electron chi connectivity index (χ2n) is 7.40. The Balaban J connectivity index is 1.40. The number of carbonyl (C=O) groups is 3. The molecule has 4 rings (SSSR count). The van der Waals surface area contributed by atoms with Crippen molar-refractivity contribution in [1.82, 2.24) is 10.2 Å². The normalized spacial score (nSPS) is 16.0. The number of rotatable bonds is 6. The molecule has 1 atom stereocenters. The summed E-state index contributed by atoms with van der Waals surface area (Å²) in [5.41, 5.74) is 1.27. The van der Waals surface area contributed by atoms with Crippen LogP contribution in [-0.2, 0) is 11.3 Å². The minimum Gasteiger partial charge on any atom is -0.472 e. The highest BCUT2D eigenvalue weighted by molar-refractivity contribution is 6.04. The average molecular weight is 421 g/mol. The molecule has 3 heterocycles. The fraction of sp³-hybridized carbons (Fsp3) is 0.261. The fourth-order valence-corrected chi connectivity index (χ4v) is 3.65. The van der Waals surface area contributed by atoms with E-state index in [2.05, 4.69) is 10.6 Å². The quantitative estimate of drug-likeness (QED) is 0.635. The summed E-state index contributed by atoms with van der Waals surface area (Å²) < 4.78 is 10.2. The Morgan fingerprint density at radius 2 is 1.94 bits per heavy atom. The molecular formula is C23H23N3O5. The predicted molar refractivity (Wildman–Crippen MR) is 112 cm³/mol. The second-order valence-corrected chi connectivity index (χ2v) is 7.40. The van der Waals surface area contributed by atoms with Gasteiger partial charge in [-0.05, 0) is 43.2 Å². The van der Waals surface area contributed by atoms with Crippen LogP contribution >= 0.6 is 0 Å². The number of hydrogen-bond acceptors (Lipinski definition) is 5. The number of furan rings is 2. The summed E-state index contributed by atoms with van der Waals surface area (Å²) in [4.78, 5) is 39.8. The Labute approximate surface area is 179 Å². The maximum atomic E-state index is 12.9. The fourth-order valence-electron chi connectivity index (χ4n) is 3.65. The van der Waals surface area contributed by atoms with Gasteiger partial charge in [-0.15, -0.1) is 0 Å². The highest BCUT2D eigenvalue weighted by Gasteiger charge is 2.30. The first-order chi connectivity index (χ1) is 15.1. The molecule has 31 heavy (non-hydrogen) atoms. The van der Waals surface area contributed by atoms with E-state index in [9.17, 15) is 14.4 Å². The molecule has 1 aliphatic rings. The predicted octanol–water partition coefficient (Wildman–Crippen LogP) is 3.29. The lowest BCUT2D eigenvalue weighted by molar-refractivity contribution is -0.121. The molecule has 2 aromatic heterocycles. The minimum absolute atomic E-state index is 0.149. The van der Waals surface area contributed by atoms with Crippen molar-refractivity contribution in [3.8, 4) is 0 Å². The summed E-state index contributed by atoms with van der Waals surface area (Å²) >= 11 is 0. The van der Waals surface area contributed by atoms with Crippen LogP contribution in [0.4, 0.5) is 5.69 Å². The van der Waals surface area contributed by atoms with Crippen LogP contribution in [0.3, 0.4) is 0 Å². The lowest BCUT2D eigenvalue weighted by Gasteiger charge is -2.32. The van der Waals surface area contributed by atoms with Gasteiger partial charge in [0.15, 0.2) is 0 Å².